The fraction of sp³-hybridized carbons (Fsp3) is 0.608. The Morgan fingerprint density at radius 2 is 1.69 bits per heavy atom. The van der Waals surface area contributed by atoms with E-state index in [1.165, 1.54) is 36.0 Å². The molecule has 332 valence electrons. The highest BCUT2D eigenvalue weighted by molar-refractivity contribution is 6.30. The molecule has 0 saturated heterocycles. The van der Waals surface area contributed by atoms with Gasteiger partial charge in [0.15, 0.2) is 0 Å². The van der Waals surface area contributed by atoms with Gasteiger partial charge >= 0.3 is 11.9 Å². The van der Waals surface area contributed by atoms with Gasteiger partial charge in [-0.05, 0) is 191 Å². The number of carboxylic acid groups (broad SMARTS) is 2. The second-order valence-corrected chi connectivity index (χ2v) is 21.0. The van der Waals surface area contributed by atoms with Crippen molar-refractivity contribution < 1.29 is 34.1 Å². The van der Waals surface area contributed by atoms with Crippen LogP contribution in [-0.2, 0) is 32.6 Å². The van der Waals surface area contributed by atoms with Crippen LogP contribution in [0.4, 0.5) is 5.69 Å². The number of amides is 1. The molecule has 1 spiro atoms. The van der Waals surface area contributed by atoms with Crippen LogP contribution in [0.25, 0.3) is 0 Å². The van der Waals surface area contributed by atoms with E-state index in [4.69, 9.17) is 21.1 Å². The third kappa shape index (κ3) is 8.42. The average Bonchev–Trinajstić information content (AvgIpc) is 3.51. The van der Waals surface area contributed by atoms with Gasteiger partial charge in [0.2, 0.25) is 5.91 Å². The maximum atomic E-state index is 13.3. The first-order valence-corrected chi connectivity index (χ1v) is 23.9. The molecule has 7 aliphatic carbocycles. The summed E-state index contributed by atoms with van der Waals surface area (Å²) in [6.07, 6.45) is 16.4. The van der Waals surface area contributed by atoms with Crippen molar-refractivity contribution >= 4 is 35.1 Å². The van der Waals surface area contributed by atoms with Crippen LogP contribution in [0.5, 0.6) is 11.5 Å². The van der Waals surface area contributed by atoms with Crippen LogP contribution in [0.3, 0.4) is 0 Å². The van der Waals surface area contributed by atoms with Gasteiger partial charge in [0, 0.05) is 40.0 Å². The molecule has 7 aliphatic rings. The van der Waals surface area contributed by atoms with Crippen LogP contribution in [0.15, 0.2) is 54.7 Å². The number of hydrogen-bond donors (Lipinski definition) is 4. The maximum absolute atomic E-state index is 13.3. The van der Waals surface area contributed by atoms with E-state index in [2.05, 4.69) is 41.6 Å². The van der Waals surface area contributed by atoms with Crippen molar-refractivity contribution in [1.82, 2.24) is 10.3 Å². The maximum Gasteiger partial charge on any atom is 0.329 e. The topological polar surface area (TPSA) is 147 Å². The van der Waals surface area contributed by atoms with Crippen LogP contribution in [0, 0.1) is 35.0 Å². The molecule has 62 heavy (non-hydrogen) atoms. The third-order valence-corrected chi connectivity index (χ3v) is 16.6. The minimum absolute atomic E-state index is 0.200. The molecule has 4 atom stereocenters. The smallest absolute Gasteiger partial charge is 0.329 e. The van der Waals surface area contributed by atoms with Gasteiger partial charge in [0.1, 0.15) is 23.1 Å². The fourth-order valence-corrected chi connectivity index (χ4v) is 14.0. The zero-order chi connectivity index (χ0) is 43.2. The summed E-state index contributed by atoms with van der Waals surface area (Å²) < 4.78 is 13.0. The van der Waals surface area contributed by atoms with Crippen molar-refractivity contribution in [3.05, 3.63) is 82.1 Å². The molecule has 5 fully saturated rings. The van der Waals surface area contributed by atoms with Crippen molar-refractivity contribution in [2.45, 2.75) is 146 Å². The van der Waals surface area contributed by atoms with Crippen molar-refractivity contribution in [2.75, 3.05) is 18.5 Å². The monoisotopic (exact) mass is 865 g/mol. The molecule has 0 aliphatic heterocycles. The second-order valence-electron chi connectivity index (χ2n) is 20.6. The summed E-state index contributed by atoms with van der Waals surface area (Å²) in [5.74, 6) is 2.47. The molecule has 1 heterocycles. The summed E-state index contributed by atoms with van der Waals surface area (Å²) >= 11 is 6.32. The quantitative estimate of drug-likeness (QED) is 0.103. The lowest BCUT2D eigenvalue weighted by molar-refractivity contribution is -0.154. The molecule has 2 aromatic carbocycles. The zero-order valence-electron chi connectivity index (χ0n) is 36.4. The van der Waals surface area contributed by atoms with E-state index in [1.807, 2.05) is 30.5 Å². The van der Waals surface area contributed by atoms with Crippen LogP contribution in [0.1, 0.15) is 138 Å². The highest BCUT2D eigenvalue weighted by Crippen LogP contribution is 2.61. The number of nitrogens with zero attached hydrogens (tertiary/aromatic N) is 1. The molecule has 0 unspecified atom stereocenters. The molecular weight excluding hydrogens is 802 g/mol. The van der Waals surface area contributed by atoms with E-state index in [-0.39, 0.29) is 35.0 Å². The van der Waals surface area contributed by atoms with Crippen molar-refractivity contribution in [3.8, 4) is 11.5 Å². The molecule has 0 radical (unpaired) electrons. The second kappa shape index (κ2) is 17.3. The SMILES string of the molecule is C[C@@H](COc1ccnc2c1[C@H](C)CCC2)C[C@H]1Cc2ccc(OCCCC(=O)N[C@@H](C(=O)O)C34CC5CC(CC(C5)C3)C4)cc2C12CCC(Nc1cccc(Cl)c1)(C(=O)O)CC2. The number of pyridine rings is 1. The Morgan fingerprint density at radius 3 is 2.39 bits per heavy atom. The lowest BCUT2D eigenvalue weighted by Crippen LogP contribution is -2.59. The number of benzene rings is 2. The van der Waals surface area contributed by atoms with Gasteiger partial charge in [-0.2, -0.15) is 0 Å². The van der Waals surface area contributed by atoms with Gasteiger partial charge in [-0.15, -0.1) is 0 Å². The van der Waals surface area contributed by atoms with Crippen LogP contribution < -0.4 is 20.1 Å². The lowest BCUT2D eigenvalue weighted by atomic mass is 9.47. The van der Waals surface area contributed by atoms with E-state index in [9.17, 15) is 24.6 Å². The number of hydrogen-bond acceptors (Lipinski definition) is 7. The number of carboxylic acids is 2. The largest absolute Gasteiger partial charge is 0.494 e. The number of halogens is 1. The van der Waals surface area contributed by atoms with E-state index < -0.39 is 23.5 Å². The van der Waals surface area contributed by atoms with E-state index in [1.54, 1.807) is 12.1 Å². The number of carbonyl (C=O) groups is 3. The first kappa shape index (κ1) is 43.0. The van der Waals surface area contributed by atoms with Crippen molar-refractivity contribution in [3.63, 3.8) is 0 Å². The number of rotatable bonds is 16. The van der Waals surface area contributed by atoms with Gasteiger partial charge in [0.05, 0.1) is 13.2 Å². The highest BCUT2D eigenvalue weighted by atomic mass is 35.5. The fourth-order valence-electron chi connectivity index (χ4n) is 13.8. The Hall–Kier alpha value is -4.31. The molecule has 3 aromatic rings. The first-order valence-electron chi connectivity index (χ1n) is 23.5. The van der Waals surface area contributed by atoms with Gasteiger partial charge in [-0.1, -0.05) is 37.6 Å². The normalized spacial score (nSPS) is 31.4. The summed E-state index contributed by atoms with van der Waals surface area (Å²) in [5, 5.41) is 28.0. The molecule has 10 rings (SSSR count). The minimum Gasteiger partial charge on any atom is -0.494 e. The number of nitrogens with one attached hydrogen (secondary N) is 2. The molecule has 1 aromatic heterocycles. The van der Waals surface area contributed by atoms with Gasteiger partial charge in [0.25, 0.3) is 0 Å². The van der Waals surface area contributed by atoms with E-state index >= 15 is 0 Å². The lowest BCUT2D eigenvalue weighted by Gasteiger charge is -2.58. The number of ether oxygens (including phenoxy) is 2. The molecule has 10 nitrogen and oxygen atoms in total. The van der Waals surface area contributed by atoms with E-state index in [0.717, 1.165) is 68.6 Å². The summed E-state index contributed by atoms with van der Waals surface area (Å²) in [6, 6.07) is 14.8. The molecule has 4 N–H and O–H groups in total. The van der Waals surface area contributed by atoms with Gasteiger partial charge in [-0.3, -0.25) is 9.78 Å². The van der Waals surface area contributed by atoms with Gasteiger partial charge in [-0.25, -0.2) is 9.59 Å². The number of aliphatic carboxylic acids is 2. The van der Waals surface area contributed by atoms with Crippen LogP contribution in [0.2, 0.25) is 5.02 Å². The van der Waals surface area contributed by atoms with Crippen LogP contribution in [-0.4, -0.2) is 57.8 Å². The molecule has 5 saturated carbocycles. The zero-order valence-corrected chi connectivity index (χ0v) is 37.2. The summed E-state index contributed by atoms with van der Waals surface area (Å²) in [4.78, 5) is 43.7. The number of carbonyl (C=O) groups excluding carboxylic acids is 1. The molecule has 4 bridgehead atoms. The third-order valence-electron chi connectivity index (χ3n) is 16.3. The van der Waals surface area contributed by atoms with Gasteiger partial charge < -0.3 is 30.3 Å². The Balaban J connectivity index is 0.879. The highest BCUT2D eigenvalue weighted by Gasteiger charge is 2.57. The number of anilines is 1. The number of aryl methyl sites for hydroxylation is 1. The summed E-state index contributed by atoms with van der Waals surface area (Å²) in [5.41, 5.74) is 3.96. The Bertz CT molecular complexity index is 2130. The van der Waals surface area contributed by atoms with E-state index in [0.29, 0.717) is 79.7 Å². The molecular formula is C51H64ClN3O7. The first-order chi connectivity index (χ1) is 29.8. The number of aromatic nitrogens is 1. The minimum atomic E-state index is -1.13. The Morgan fingerprint density at radius 1 is 0.952 bits per heavy atom. The average molecular weight is 867 g/mol. The predicted octanol–water partition coefficient (Wildman–Crippen LogP) is 10.1. The molecule has 11 heteroatoms. The Kier molecular flexibility index (Phi) is 12.0. The molecule has 1 amide bonds. The van der Waals surface area contributed by atoms with Crippen molar-refractivity contribution in [2.24, 2.45) is 35.0 Å². The summed E-state index contributed by atoms with van der Waals surface area (Å²) in [6.45, 7) is 5.46. The summed E-state index contributed by atoms with van der Waals surface area (Å²) in [7, 11) is 0. The number of fused-ring (bicyclic) bond motifs is 3. The predicted molar refractivity (Wildman–Crippen MR) is 239 cm³/mol. The van der Waals surface area contributed by atoms with Crippen molar-refractivity contribution in [1.29, 1.82) is 0 Å². The standard InChI is InChI=1S/C51H64ClN3O7/c1-31(30-62-43-13-18-53-42-9-3-6-32(2)45(42)43)20-37-24-36-11-12-40(26-41(36)50(37)14-16-51(17-15-50,48(59)60)55-39-8-4-7-38(52)25-39)61-19-5-10-44(56)54-46(47(57)58)49-27-33-21-34(28-49)23-35(22-33)29-49/h4,7-8,11-13,18,25-26,31-35,37,46,55H,3,5-6,9-10,14-17,19-24,27-30H2,1-2H3,(H,54,56)(H,57,58)(H,59,60)/t31-,32-,33?,34?,35?,37+,46+,49?,50?,51?/m1/s1. The van der Waals surface area contributed by atoms with Crippen LogP contribution >= 0.6 is 11.6 Å². The Labute approximate surface area is 371 Å².